The number of aromatic nitrogens is 1. The van der Waals surface area contributed by atoms with Gasteiger partial charge < -0.3 is 0 Å². The van der Waals surface area contributed by atoms with Crippen LogP contribution in [0.1, 0.15) is 26.5 Å². The van der Waals surface area contributed by atoms with Gasteiger partial charge in [0.15, 0.2) is 0 Å². The lowest BCUT2D eigenvalue weighted by atomic mass is 9.88. The molecule has 0 N–H and O–H groups in total. The quantitative estimate of drug-likeness (QED) is 0.704. The molecular formula is C9H13NOS. The number of carbonyl (C=O) groups excluding carboxylic acids is 1. The predicted molar refractivity (Wildman–Crippen MR) is 50.3 cm³/mol. The van der Waals surface area contributed by atoms with Crippen molar-refractivity contribution in [3.63, 3.8) is 0 Å². The third-order valence-electron chi connectivity index (χ3n) is 1.66. The van der Waals surface area contributed by atoms with Crippen LogP contribution in [-0.4, -0.2) is 10.8 Å². The third-order valence-corrected chi connectivity index (χ3v) is 2.30. The number of hydrogen-bond donors (Lipinski definition) is 0. The summed E-state index contributed by atoms with van der Waals surface area (Å²) in [6, 6.07) is 0. The number of Topliss-reactive ketones (excluding diaryl/α,β-unsaturated/α-hetero) is 1. The van der Waals surface area contributed by atoms with Crippen molar-refractivity contribution < 1.29 is 4.79 Å². The monoisotopic (exact) mass is 183 g/mol. The Hall–Kier alpha value is -0.700. The van der Waals surface area contributed by atoms with E-state index >= 15 is 0 Å². The molecule has 66 valence electrons. The second-order valence-corrected chi connectivity index (χ2v) is 4.55. The lowest BCUT2D eigenvalue weighted by molar-refractivity contribution is -0.125. The van der Waals surface area contributed by atoms with Gasteiger partial charge in [-0.05, 0) is 0 Å². The van der Waals surface area contributed by atoms with Crippen molar-refractivity contribution in [2.75, 3.05) is 0 Å². The van der Waals surface area contributed by atoms with Crippen LogP contribution >= 0.6 is 11.3 Å². The van der Waals surface area contributed by atoms with E-state index in [2.05, 4.69) is 4.98 Å². The summed E-state index contributed by atoms with van der Waals surface area (Å²) in [6.45, 7) is 5.80. The Bertz CT molecular complexity index is 259. The van der Waals surface area contributed by atoms with Crippen LogP contribution in [-0.2, 0) is 11.2 Å². The van der Waals surface area contributed by atoms with Crippen molar-refractivity contribution in [2.45, 2.75) is 27.2 Å². The van der Waals surface area contributed by atoms with Gasteiger partial charge in [-0.3, -0.25) is 4.79 Å². The summed E-state index contributed by atoms with van der Waals surface area (Å²) in [5.74, 6) is 0.244. The molecule has 0 radical (unpaired) electrons. The summed E-state index contributed by atoms with van der Waals surface area (Å²) in [6.07, 6.45) is 0.465. The lowest BCUT2D eigenvalue weighted by Gasteiger charge is -2.15. The summed E-state index contributed by atoms with van der Waals surface area (Å²) in [7, 11) is 0. The topological polar surface area (TPSA) is 30.0 Å². The predicted octanol–water partition coefficient (Wildman–Crippen LogP) is 2.30. The van der Waals surface area contributed by atoms with Gasteiger partial charge in [0, 0.05) is 10.8 Å². The van der Waals surface area contributed by atoms with E-state index in [0.717, 1.165) is 5.69 Å². The van der Waals surface area contributed by atoms with Gasteiger partial charge in [-0.25, -0.2) is 4.98 Å². The van der Waals surface area contributed by atoms with Gasteiger partial charge in [0.1, 0.15) is 5.78 Å². The van der Waals surface area contributed by atoms with Gasteiger partial charge in [-0.2, -0.15) is 0 Å². The summed E-state index contributed by atoms with van der Waals surface area (Å²) >= 11 is 1.53. The fourth-order valence-electron chi connectivity index (χ4n) is 0.755. The summed E-state index contributed by atoms with van der Waals surface area (Å²) in [4.78, 5) is 15.6. The van der Waals surface area contributed by atoms with Crippen LogP contribution in [0.2, 0.25) is 0 Å². The Morgan fingerprint density at radius 1 is 1.58 bits per heavy atom. The maximum atomic E-state index is 11.5. The van der Waals surface area contributed by atoms with Crippen LogP contribution in [0.15, 0.2) is 10.9 Å². The molecule has 0 aliphatic rings. The standard InChI is InChI=1S/C9H13NOS/c1-9(2,3)8(11)4-7-5-12-6-10-7/h5-6H,4H2,1-3H3. The highest BCUT2D eigenvalue weighted by Gasteiger charge is 2.21. The van der Waals surface area contributed by atoms with E-state index < -0.39 is 0 Å². The highest BCUT2D eigenvalue weighted by molar-refractivity contribution is 7.07. The molecule has 0 amide bonds. The Labute approximate surface area is 76.6 Å². The van der Waals surface area contributed by atoms with E-state index in [4.69, 9.17) is 0 Å². The van der Waals surface area contributed by atoms with Crippen molar-refractivity contribution in [3.8, 4) is 0 Å². The molecule has 0 bridgehead atoms. The molecule has 1 heterocycles. The molecule has 3 heteroatoms. The molecule has 0 saturated carbocycles. The molecule has 0 spiro atoms. The zero-order chi connectivity index (χ0) is 9.19. The second kappa shape index (κ2) is 3.35. The molecule has 0 aromatic carbocycles. The molecule has 0 unspecified atom stereocenters. The minimum Gasteiger partial charge on any atom is -0.299 e. The Kier molecular flexibility index (Phi) is 2.62. The highest BCUT2D eigenvalue weighted by atomic mass is 32.1. The smallest absolute Gasteiger partial charge is 0.144 e. The van der Waals surface area contributed by atoms with E-state index in [1.54, 1.807) is 5.51 Å². The Morgan fingerprint density at radius 2 is 2.25 bits per heavy atom. The first-order valence-corrected chi connectivity index (χ1v) is 4.85. The molecular weight excluding hydrogens is 170 g/mol. The highest BCUT2D eigenvalue weighted by Crippen LogP contribution is 2.17. The number of carbonyl (C=O) groups is 1. The van der Waals surface area contributed by atoms with Crippen LogP contribution in [0.25, 0.3) is 0 Å². The molecule has 2 nitrogen and oxygen atoms in total. The summed E-state index contributed by atoms with van der Waals surface area (Å²) < 4.78 is 0. The fraction of sp³-hybridized carbons (Fsp3) is 0.556. The van der Waals surface area contributed by atoms with E-state index in [-0.39, 0.29) is 11.2 Å². The van der Waals surface area contributed by atoms with Crippen LogP contribution in [0, 0.1) is 5.41 Å². The maximum Gasteiger partial charge on any atom is 0.144 e. The van der Waals surface area contributed by atoms with E-state index in [1.807, 2.05) is 26.2 Å². The lowest BCUT2D eigenvalue weighted by Crippen LogP contribution is -2.22. The Balaban J connectivity index is 2.60. The maximum absolute atomic E-state index is 11.5. The largest absolute Gasteiger partial charge is 0.299 e. The first kappa shape index (κ1) is 9.39. The SMILES string of the molecule is CC(C)(C)C(=O)Cc1cscn1. The minimum atomic E-state index is -0.246. The van der Waals surface area contributed by atoms with Crippen molar-refractivity contribution in [3.05, 3.63) is 16.6 Å². The number of ketones is 1. The van der Waals surface area contributed by atoms with Crippen molar-refractivity contribution in [2.24, 2.45) is 5.41 Å². The molecule has 0 fully saturated rings. The van der Waals surface area contributed by atoms with Crippen LogP contribution in [0.3, 0.4) is 0 Å². The van der Waals surface area contributed by atoms with Gasteiger partial charge in [-0.15, -0.1) is 11.3 Å². The molecule has 1 aromatic rings. The Morgan fingerprint density at radius 3 is 2.67 bits per heavy atom. The molecule has 0 aliphatic heterocycles. The van der Waals surface area contributed by atoms with Crippen molar-refractivity contribution in [1.29, 1.82) is 0 Å². The van der Waals surface area contributed by atoms with Gasteiger partial charge in [-0.1, -0.05) is 20.8 Å². The first-order valence-electron chi connectivity index (χ1n) is 3.90. The first-order chi connectivity index (χ1) is 5.50. The second-order valence-electron chi connectivity index (χ2n) is 3.83. The minimum absolute atomic E-state index is 0.244. The third kappa shape index (κ3) is 2.41. The molecule has 1 aromatic heterocycles. The average Bonchev–Trinajstić information content (AvgIpc) is 2.37. The van der Waals surface area contributed by atoms with Gasteiger partial charge in [0.05, 0.1) is 17.6 Å². The van der Waals surface area contributed by atoms with Gasteiger partial charge in [0.25, 0.3) is 0 Å². The van der Waals surface area contributed by atoms with Crippen molar-refractivity contribution >= 4 is 17.1 Å². The van der Waals surface area contributed by atoms with Crippen molar-refractivity contribution in [1.82, 2.24) is 4.98 Å². The van der Waals surface area contributed by atoms with E-state index in [1.165, 1.54) is 11.3 Å². The van der Waals surface area contributed by atoms with Crippen LogP contribution < -0.4 is 0 Å². The number of thiazole rings is 1. The van der Waals surface area contributed by atoms with Crippen LogP contribution in [0.5, 0.6) is 0 Å². The molecule has 1 rings (SSSR count). The normalized spacial score (nSPS) is 11.6. The molecule has 0 aliphatic carbocycles. The fourth-order valence-corrected chi connectivity index (χ4v) is 1.31. The van der Waals surface area contributed by atoms with Crippen LogP contribution in [0.4, 0.5) is 0 Å². The molecule has 0 saturated heterocycles. The number of nitrogens with zero attached hydrogens (tertiary/aromatic N) is 1. The zero-order valence-electron chi connectivity index (χ0n) is 7.63. The van der Waals surface area contributed by atoms with E-state index in [0.29, 0.717) is 6.42 Å². The summed E-state index contributed by atoms with van der Waals surface area (Å²) in [5.41, 5.74) is 2.40. The summed E-state index contributed by atoms with van der Waals surface area (Å²) in [5, 5.41) is 1.92. The number of hydrogen-bond acceptors (Lipinski definition) is 3. The van der Waals surface area contributed by atoms with E-state index in [9.17, 15) is 4.79 Å². The van der Waals surface area contributed by atoms with Gasteiger partial charge >= 0.3 is 0 Å². The van der Waals surface area contributed by atoms with Gasteiger partial charge in [0.2, 0.25) is 0 Å². The molecule has 12 heavy (non-hydrogen) atoms. The zero-order valence-corrected chi connectivity index (χ0v) is 8.44. The number of rotatable bonds is 2. The molecule has 0 atom stereocenters. The average molecular weight is 183 g/mol.